The first-order valence-corrected chi connectivity index (χ1v) is 7.41. The topological polar surface area (TPSA) is 69.2 Å². The summed E-state index contributed by atoms with van der Waals surface area (Å²) in [5.41, 5.74) is 2.07. The van der Waals surface area contributed by atoms with Gasteiger partial charge in [-0.3, -0.25) is 4.79 Å². The average Bonchev–Trinajstić information content (AvgIpc) is 2.92. The van der Waals surface area contributed by atoms with Gasteiger partial charge in [-0.2, -0.15) is 0 Å². The summed E-state index contributed by atoms with van der Waals surface area (Å²) in [5, 5.41) is 9.30. The highest BCUT2D eigenvalue weighted by Gasteiger charge is 2.33. The largest absolute Gasteiger partial charge is 0.395 e. The molecule has 2 rings (SSSR count). The quantitative estimate of drug-likeness (QED) is 0.857. The highest BCUT2D eigenvalue weighted by molar-refractivity contribution is 5.87. The standard InChI is InChI=1S/C17H23N3O2/c1-13-15(19-12-18-13)11-20(9-10-21)16(22)17(2,3)14-7-5-4-6-8-14/h4-8,12,21H,9-11H2,1-3H3,(H,18,19). The van der Waals surface area contributed by atoms with Gasteiger partial charge in [0.2, 0.25) is 5.91 Å². The molecule has 22 heavy (non-hydrogen) atoms. The van der Waals surface area contributed by atoms with E-state index in [1.807, 2.05) is 51.1 Å². The Bertz CT molecular complexity index is 620. The monoisotopic (exact) mass is 301 g/mol. The van der Waals surface area contributed by atoms with Crippen molar-refractivity contribution < 1.29 is 9.90 Å². The van der Waals surface area contributed by atoms with Gasteiger partial charge in [0.05, 0.1) is 30.6 Å². The van der Waals surface area contributed by atoms with Gasteiger partial charge in [-0.15, -0.1) is 0 Å². The second-order valence-corrected chi connectivity index (χ2v) is 5.92. The SMILES string of the molecule is Cc1[nH]cnc1CN(CCO)C(=O)C(C)(C)c1ccccc1. The summed E-state index contributed by atoms with van der Waals surface area (Å²) in [7, 11) is 0. The molecule has 0 unspecified atom stereocenters. The van der Waals surface area contributed by atoms with Crippen LogP contribution in [0.4, 0.5) is 0 Å². The van der Waals surface area contributed by atoms with Crippen LogP contribution in [-0.4, -0.2) is 39.0 Å². The first-order chi connectivity index (χ1) is 10.5. The van der Waals surface area contributed by atoms with E-state index in [2.05, 4.69) is 9.97 Å². The highest BCUT2D eigenvalue weighted by atomic mass is 16.3. The third-order valence-electron chi connectivity index (χ3n) is 3.96. The van der Waals surface area contributed by atoms with Crippen molar-refractivity contribution in [2.45, 2.75) is 32.7 Å². The van der Waals surface area contributed by atoms with Crippen LogP contribution in [0.1, 0.15) is 30.8 Å². The minimum atomic E-state index is -0.652. The van der Waals surface area contributed by atoms with Crippen LogP contribution >= 0.6 is 0 Å². The molecular weight excluding hydrogens is 278 g/mol. The van der Waals surface area contributed by atoms with E-state index in [1.54, 1.807) is 11.2 Å². The molecule has 1 amide bonds. The summed E-state index contributed by atoms with van der Waals surface area (Å²) in [6.45, 7) is 6.36. The van der Waals surface area contributed by atoms with Crippen LogP contribution in [0.5, 0.6) is 0 Å². The van der Waals surface area contributed by atoms with E-state index in [4.69, 9.17) is 0 Å². The zero-order chi connectivity index (χ0) is 16.2. The number of carbonyl (C=O) groups is 1. The number of nitrogens with one attached hydrogen (secondary N) is 1. The van der Waals surface area contributed by atoms with E-state index in [0.29, 0.717) is 13.1 Å². The molecule has 5 nitrogen and oxygen atoms in total. The molecule has 2 N–H and O–H groups in total. The van der Waals surface area contributed by atoms with Crippen LogP contribution in [-0.2, 0) is 16.8 Å². The van der Waals surface area contributed by atoms with Gasteiger partial charge in [-0.05, 0) is 26.3 Å². The van der Waals surface area contributed by atoms with Crippen molar-refractivity contribution >= 4 is 5.91 Å². The molecule has 0 atom stereocenters. The molecule has 0 aliphatic rings. The molecule has 1 aromatic carbocycles. The lowest BCUT2D eigenvalue weighted by atomic mass is 9.83. The predicted molar refractivity (Wildman–Crippen MR) is 85.3 cm³/mol. The van der Waals surface area contributed by atoms with E-state index in [1.165, 1.54) is 0 Å². The Labute approximate surface area is 131 Å². The molecule has 0 aliphatic carbocycles. The van der Waals surface area contributed by atoms with Crippen molar-refractivity contribution in [2.24, 2.45) is 0 Å². The second-order valence-electron chi connectivity index (χ2n) is 5.92. The number of aliphatic hydroxyl groups excluding tert-OH is 1. The number of hydrogen-bond donors (Lipinski definition) is 2. The number of aliphatic hydroxyl groups is 1. The van der Waals surface area contributed by atoms with E-state index in [-0.39, 0.29) is 12.5 Å². The van der Waals surface area contributed by atoms with Crippen LogP contribution in [0.25, 0.3) is 0 Å². The molecule has 0 bridgehead atoms. The molecule has 0 aliphatic heterocycles. The lowest BCUT2D eigenvalue weighted by Gasteiger charge is -2.32. The molecule has 0 fully saturated rings. The molecule has 118 valence electrons. The first kappa shape index (κ1) is 16.2. The molecular formula is C17H23N3O2. The Morgan fingerprint density at radius 3 is 2.55 bits per heavy atom. The molecule has 0 saturated heterocycles. The Morgan fingerprint density at radius 1 is 1.32 bits per heavy atom. The molecule has 2 aromatic rings. The summed E-state index contributed by atoms with van der Waals surface area (Å²) < 4.78 is 0. The van der Waals surface area contributed by atoms with Crippen LogP contribution in [0.3, 0.4) is 0 Å². The number of nitrogens with zero attached hydrogens (tertiary/aromatic N) is 2. The van der Waals surface area contributed by atoms with Gasteiger partial charge in [-0.25, -0.2) is 4.98 Å². The molecule has 0 spiro atoms. The lowest BCUT2D eigenvalue weighted by molar-refractivity contribution is -0.137. The summed E-state index contributed by atoms with van der Waals surface area (Å²) in [5.74, 6) is -0.0184. The Morgan fingerprint density at radius 2 is 2.00 bits per heavy atom. The molecule has 0 saturated carbocycles. The maximum absolute atomic E-state index is 13.0. The number of imidazole rings is 1. The van der Waals surface area contributed by atoms with Gasteiger partial charge in [0.1, 0.15) is 0 Å². The van der Waals surface area contributed by atoms with E-state index in [9.17, 15) is 9.90 Å². The van der Waals surface area contributed by atoms with Crippen LogP contribution in [0.2, 0.25) is 0 Å². The lowest BCUT2D eigenvalue weighted by Crippen LogP contribution is -2.44. The van der Waals surface area contributed by atoms with Crippen molar-refractivity contribution in [1.29, 1.82) is 0 Å². The van der Waals surface area contributed by atoms with Crippen LogP contribution in [0, 0.1) is 6.92 Å². The van der Waals surface area contributed by atoms with Gasteiger partial charge >= 0.3 is 0 Å². The Kier molecular flexibility index (Phi) is 4.98. The molecule has 1 heterocycles. The van der Waals surface area contributed by atoms with Crippen molar-refractivity contribution in [3.05, 3.63) is 53.6 Å². The Hall–Kier alpha value is -2.14. The van der Waals surface area contributed by atoms with Crippen molar-refractivity contribution in [3.8, 4) is 0 Å². The van der Waals surface area contributed by atoms with Crippen molar-refractivity contribution in [2.75, 3.05) is 13.2 Å². The minimum Gasteiger partial charge on any atom is -0.395 e. The first-order valence-electron chi connectivity index (χ1n) is 7.41. The fourth-order valence-corrected chi connectivity index (χ4v) is 2.47. The molecule has 1 aromatic heterocycles. The number of amides is 1. The maximum atomic E-state index is 13.0. The number of aromatic amines is 1. The van der Waals surface area contributed by atoms with Gasteiger partial charge in [0.15, 0.2) is 0 Å². The molecule has 0 radical (unpaired) electrons. The summed E-state index contributed by atoms with van der Waals surface area (Å²) in [6, 6.07) is 9.70. The number of carbonyl (C=O) groups excluding carboxylic acids is 1. The van der Waals surface area contributed by atoms with Crippen LogP contribution in [0.15, 0.2) is 36.7 Å². The van der Waals surface area contributed by atoms with Gasteiger partial charge in [0.25, 0.3) is 0 Å². The Balaban J connectivity index is 2.24. The summed E-state index contributed by atoms with van der Waals surface area (Å²) >= 11 is 0. The summed E-state index contributed by atoms with van der Waals surface area (Å²) in [6.07, 6.45) is 1.62. The fourth-order valence-electron chi connectivity index (χ4n) is 2.47. The number of aromatic nitrogens is 2. The fraction of sp³-hybridized carbons (Fsp3) is 0.412. The number of benzene rings is 1. The number of H-pyrrole nitrogens is 1. The minimum absolute atomic E-state index is 0.0184. The third kappa shape index (κ3) is 3.36. The normalized spacial score (nSPS) is 11.5. The van der Waals surface area contributed by atoms with Gasteiger partial charge < -0.3 is 15.0 Å². The number of hydrogen-bond acceptors (Lipinski definition) is 3. The van der Waals surface area contributed by atoms with E-state index >= 15 is 0 Å². The van der Waals surface area contributed by atoms with Gasteiger partial charge in [0, 0.05) is 12.2 Å². The maximum Gasteiger partial charge on any atom is 0.233 e. The summed E-state index contributed by atoms with van der Waals surface area (Å²) in [4.78, 5) is 21.9. The predicted octanol–water partition coefficient (Wildman–Crippen LogP) is 2.02. The zero-order valence-electron chi connectivity index (χ0n) is 13.3. The number of rotatable bonds is 6. The average molecular weight is 301 g/mol. The van der Waals surface area contributed by atoms with Crippen LogP contribution < -0.4 is 0 Å². The smallest absolute Gasteiger partial charge is 0.233 e. The number of aryl methyl sites for hydroxylation is 1. The van der Waals surface area contributed by atoms with Crippen molar-refractivity contribution in [3.63, 3.8) is 0 Å². The second kappa shape index (κ2) is 6.75. The van der Waals surface area contributed by atoms with E-state index in [0.717, 1.165) is 17.0 Å². The zero-order valence-corrected chi connectivity index (χ0v) is 13.3. The highest BCUT2D eigenvalue weighted by Crippen LogP contribution is 2.26. The molecule has 5 heteroatoms. The van der Waals surface area contributed by atoms with E-state index < -0.39 is 5.41 Å². The third-order valence-corrected chi connectivity index (χ3v) is 3.96. The van der Waals surface area contributed by atoms with Crippen molar-refractivity contribution in [1.82, 2.24) is 14.9 Å². The van der Waals surface area contributed by atoms with Gasteiger partial charge in [-0.1, -0.05) is 30.3 Å².